The van der Waals surface area contributed by atoms with E-state index in [1.54, 1.807) is 0 Å². The van der Waals surface area contributed by atoms with Gasteiger partial charge < -0.3 is 10.3 Å². The lowest BCUT2D eigenvalue weighted by Gasteiger charge is -1.95. The van der Waals surface area contributed by atoms with Crippen molar-refractivity contribution < 1.29 is 5.03 Å². The van der Waals surface area contributed by atoms with Gasteiger partial charge in [0, 0.05) is 13.2 Å². The molecule has 0 aliphatic rings. The van der Waals surface area contributed by atoms with Crippen molar-refractivity contribution in [2.24, 2.45) is 23.0 Å². The molecule has 1 aromatic heterocycles. The zero-order chi connectivity index (χ0) is 11.3. The standard InChI is InChI=1S/C7H10N6O2/c1-12-4-2-3-6(12)5-9-10-7(8)11-13(14)15/h2-5H,1H3,(H3,8,10,11). The molecule has 0 aliphatic carbocycles. The smallest absolute Gasteiger partial charge is 0.286 e. The van der Waals surface area contributed by atoms with Crippen molar-refractivity contribution in [3.05, 3.63) is 34.1 Å². The van der Waals surface area contributed by atoms with Crippen LogP contribution in [0.2, 0.25) is 0 Å². The maximum atomic E-state index is 9.90. The maximum Gasteiger partial charge on any atom is 0.286 e. The minimum absolute atomic E-state index is 0.370. The van der Waals surface area contributed by atoms with E-state index in [0.29, 0.717) is 0 Å². The Morgan fingerprint density at radius 3 is 3.07 bits per heavy atom. The SMILES string of the molecule is Cn1cccc1C=NNC(N)=N[N+](=O)[O-]. The lowest BCUT2D eigenvalue weighted by Crippen LogP contribution is -2.28. The van der Waals surface area contributed by atoms with Crippen molar-refractivity contribution in [1.29, 1.82) is 0 Å². The van der Waals surface area contributed by atoms with E-state index in [-0.39, 0.29) is 5.96 Å². The highest BCUT2D eigenvalue weighted by Crippen LogP contribution is 1.94. The van der Waals surface area contributed by atoms with Crippen LogP contribution in [0.1, 0.15) is 5.69 Å². The number of hydrogen-bond donors (Lipinski definition) is 2. The zero-order valence-electron chi connectivity index (χ0n) is 7.99. The van der Waals surface area contributed by atoms with Gasteiger partial charge in [-0.25, -0.2) is 15.5 Å². The largest absolute Gasteiger partial charge is 0.363 e. The van der Waals surface area contributed by atoms with Crippen LogP contribution in [0.3, 0.4) is 0 Å². The fraction of sp³-hybridized carbons (Fsp3) is 0.143. The van der Waals surface area contributed by atoms with Gasteiger partial charge in [-0.05, 0) is 12.1 Å². The second kappa shape index (κ2) is 4.74. The minimum atomic E-state index is -0.902. The summed E-state index contributed by atoms with van der Waals surface area (Å²) in [5.41, 5.74) is 8.18. The number of rotatable bonds is 3. The van der Waals surface area contributed by atoms with Crippen LogP contribution in [-0.4, -0.2) is 21.8 Å². The fourth-order valence-corrected chi connectivity index (χ4v) is 0.883. The number of nitrogens with one attached hydrogen (secondary N) is 1. The third kappa shape index (κ3) is 3.46. The normalized spacial score (nSPS) is 11.9. The summed E-state index contributed by atoms with van der Waals surface area (Å²) in [6.45, 7) is 0. The summed E-state index contributed by atoms with van der Waals surface area (Å²) in [5.74, 6) is -0.370. The Morgan fingerprint density at radius 2 is 2.53 bits per heavy atom. The fourth-order valence-electron chi connectivity index (χ4n) is 0.883. The van der Waals surface area contributed by atoms with Crippen molar-refractivity contribution in [3.63, 3.8) is 0 Å². The Hall–Kier alpha value is -2.38. The van der Waals surface area contributed by atoms with Gasteiger partial charge in [0.2, 0.25) is 0 Å². The van der Waals surface area contributed by atoms with Crippen molar-refractivity contribution >= 4 is 12.2 Å². The van der Waals surface area contributed by atoms with Gasteiger partial charge in [0.15, 0.2) is 5.03 Å². The predicted octanol–water partition coefficient (Wildman–Crippen LogP) is -0.545. The summed E-state index contributed by atoms with van der Waals surface area (Å²) in [5, 5.41) is 15.5. The molecule has 0 radical (unpaired) electrons. The molecule has 0 atom stereocenters. The van der Waals surface area contributed by atoms with Gasteiger partial charge >= 0.3 is 0 Å². The first-order valence-corrected chi connectivity index (χ1v) is 3.98. The van der Waals surface area contributed by atoms with Crippen LogP contribution in [-0.2, 0) is 7.05 Å². The Morgan fingerprint density at radius 1 is 1.80 bits per heavy atom. The van der Waals surface area contributed by atoms with E-state index < -0.39 is 5.03 Å². The molecule has 15 heavy (non-hydrogen) atoms. The van der Waals surface area contributed by atoms with Crippen molar-refractivity contribution in [2.75, 3.05) is 0 Å². The van der Waals surface area contributed by atoms with E-state index in [1.807, 2.05) is 29.9 Å². The molecule has 1 aromatic rings. The zero-order valence-corrected chi connectivity index (χ0v) is 7.99. The summed E-state index contributed by atoms with van der Waals surface area (Å²) in [4.78, 5) is 9.90. The van der Waals surface area contributed by atoms with Gasteiger partial charge in [-0.3, -0.25) is 0 Å². The average Bonchev–Trinajstić information content (AvgIpc) is 2.50. The number of nitro groups is 1. The number of nitrogens with two attached hydrogens (primary N) is 1. The van der Waals surface area contributed by atoms with E-state index in [4.69, 9.17) is 5.73 Å². The molecule has 8 heteroatoms. The lowest BCUT2D eigenvalue weighted by molar-refractivity contribution is -0.485. The van der Waals surface area contributed by atoms with Gasteiger partial charge in [-0.1, -0.05) is 0 Å². The summed E-state index contributed by atoms with van der Waals surface area (Å²) in [7, 11) is 1.84. The van der Waals surface area contributed by atoms with Gasteiger partial charge in [-0.2, -0.15) is 5.10 Å². The molecule has 0 saturated heterocycles. The number of hydrazone groups is 2. The first kappa shape index (κ1) is 10.7. The molecule has 0 bridgehead atoms. The van der Waals surface area contributed by atoms with Gasteiger partial charge in [0.1, 0.15) is 5.10 Å². The second-order valence-electron chi connectivity index (χ2n) is 2.64. The molecule has 0 unspecified atom stereocenters. The quantitative estimate of drug-likeness (QED) is 0.302. The lowest BCUT2D eigenvalue weighted by atomic mass is 10.5. The summed E-state index contributed by atoms with van der Waals surface area (Å²) >= 11 is 0. The number of nitrogens with zero attached hydrogens (tertiary/aromatic N) is 4. The number of guanidine groups is 1. The van der Waals surface area contributed by atoms with Crippen LogP contribution in [0.5, 0.6) is 0 Å². The third-order valence-corrected chi connectivity index (χ3v) is 1.55. The first-order valence-electron chi connectivity index (χ1n) is 3.98. The molecule has 80 valence electrons. The van der Waals surface area contributed by atoms with E-state index in [0.717, 1.165) is 5.69 Å². The highest BCUT2D eigenvalue weighted by Gasteiger charge is 1.96. The van der Waals surface area contributed by atoms with Crippen LogP contribution in [0, 0.1) is 10.1 Å². The number of aromatic nitrogens is 1. The molecule has 1 heterocycles. The Balaban J connectivity index is 2.54. The molecule has 3 N–H and O–H groups in total. The summed E-state index contributed by atoms with van der Waals surface area (Å²) < 4.78 is 1.83. The van der Waals surface area contributed by atoms with Gasteiger partial charge in [0.05, 0.1) is 11.9 Å². The molecular weight excluding hydrogens is 200 g/mol. The van der Waals surface area contributed by atoms with Crippen LogP contribution in [0.4, 0.5) is 0 Å². The van der Waals surface area contributed by atoms with E-state index >= 15 is 0 Å². The Bertz CT molecular complexity index is 407. The van der Waals surface area contributed by atoms with Gasteiger partial charge in [0.25, 0.3) is 5.96 Å². The van der Waals surface area contributed by atoms with Crippen LogP contribution >= 0.6 is 0 Å². The van der Waals surface area contributed by atoms with E-state index in [2.05, 4.69) is 15.6 Å². The third-order valence-electron chi connectivity index (χ3n) is 1.55. The van der Waals surface area contributed by atoms with Crippen molar-refractivity contribution in [2.45, 2.75) is 0 Å². The van der Waals surface area contributed by atoms with E-state index in [1.165, 1.54) is 6.21 Å². The molecule has 0 amide bonds. The molecule has 0 fully saturated rings. The second-order valence-corrected chi connectivity index (χ2v) is 2.64. The molecule has 0 spiro atoms. The van der Waals surface area contributed by atoms with Gasteiger partial charge in [-0.15, -0.1) is 0 Å². The molecule has 8 nitrogen and oxygen atoms in total. The monoisotopic (exact) mass is 210 g/mol. The summed E-state index contributed by atoms with van der Waals surface area (Å²) in [6, 6.07) is 3.67. The number of hydrogen-bond acceptors (Lipinski definition) is 3. The van der Waals surface area contributed by atoms with E-state index in [9.17, 15) is 10.1 Å². The average molecular weight is 210 g/mol. The minimum Gasteiger partial charge on any atom is -0.363 e. The van der Waals surface area contributed by atoms with Crippen LogP contribution in [0.15, 0.2) is 28.5 Å². The first-order chi connectivity index (χ1) is 7.09. The summed E-state index contributed by atoms with van der Waals surface area (Å²) in [6.07, 6.45) is 3.32. The highest BCUT2D eigenvalue weighted by molar-refractivity contribution is 5.81. The Kier molecular flexibility index (Phi) is 3.38. The molecule has 0 aromatic carbocycles. The molecule has 0 saturated carbocycles. The molecule has 1 rings (SSSR count). The molecule has 0 aliphatic heterocycles. The predicted molar refractivity (Wildman–Crippen MR) is 54.8 cm³/mol. The highest BCUT2D eigenvalue weighted by atomic mass is 16.7. The van der Waals surface area contributed by atoms with Crippen LogP contribution < -0.4 is 11.2 Å². The topological polar surface area (TPSA) is 111 Å². The Labute approximate surface area is 85.2 Å². The maximum absolute atomic E-state index is 9.90. The van der Waals surface area contributed by atoms with Crippen LogP contribution in [0.25, 0.3) is 0 Å². The van der Waals surface area contributed by atoms with Crippen molar-refractivity contribution in [1.82, 2.24) is 9.99 Å². The number of aryl methyl sites for hydroxylation is 1. The van der Waals surface area contributed by atoms with Crippen molar-refractivity contribution in [3.8, 4) is 0 Å². The molecular formula is C7H10N6O2.